The van der Waals surface area contributed by atoms with Gasteiger partial charge in [-0.2, -0.15) is 13.2 Å². The van der Waals surface area contributed by atoms with Gasteiger partial charge in [0.25, 0.3) is 0 Å². The molecule has 0 aliphatic rings. The van der Waals surface area contributed by atoms with Gasteiger partial charge in [-0.25, -0.2) is 4.79 Å². The van der Waals surface area contributed by atoms with Crippen LogP contribution in [0.3, 0.4) is 0 Å². The molecule has 0 bridgehead atoms. The van der Waals surface area contributed by atoms with Gasteiger partial charge in [0.05, 0.1) is 5.56 Å². The zero-order valence-corrected chi connectivity index (χ0v) is 18.0. The molecule has 30 heavy (non-hydrogen) atoms. The van der Waals surface area contributed by atoms with E-state index in [2.05, 4.69) is 36.2 Å². The fourth-order valence-electron chi connectivity index (χ4n) is 1.94. The van der Waals surface area contributed by atoms with E-state index in [0.29, 0.717) is 11.4 Å². The highest BCUT2D eigenvalue weighted by molar-refractivity contribution is 9.10. The van der Waals surface area contributed by atoms with Gasteiger partial charge in [-0.1, -0.05) is 20.4 Å². The predicted octanol–water partition coefficient (Wildman–Crippen LogP) is 5.10. The number of aromatic nitrogens is 2. The lowest BCUT2D eigenvalue weighted by Gasteiger charge is -2.14. The van der Waals surface area contributed by atoms with Crippen molar-refractivity contribution in [2.75, 3.05) is 16.4 Å². The third kappa shape index (κ3) is 7.24. The average molecular weight is 520 g/mol. The molecule has 13 heteroatoms. The molecule has 0 aliphatic carbocycles. The molecule has 0 saturated heterocycles. The number of aromatic carboxylic acids is 1. The van der Waals surface area contributed by atoms with E-state index in [4.69, 9.17) is 23.1 Å². The molecule has 3 aromatic rings. The molecule has 0 unspecified atom stereocenters. The number of thiocarbonyl (C=S) groups is 1. The number of nitrogens with two attached hydrogens (primary N) is 1. The molecule has 5 N–H and O–H groups in total. The number of hydrogen-bond acceptors (Lipinski definition) is 6. The zero-order valence-electron chi connectivity index (χ0n) is 14.8. The highest BCUT2D eigenvalue weighted by Crippen LogP contribution is 2.36. The molecule has 0 atom stereocenters. The van der Waals surface area contributed by atoms with Crippen LogP contribution in [0, 0.1) is 0 Å². The van der Waals surface area contributed by atoms with Crippen LogP contribution in [0.15, 0.2) is 52.3 Å². The maximum atomic E-state index is 12.8. The minimum Gasteiger partial charge on any atom is -0.476 e. The highest BCUT2D eigenvalue weighted by atomic mass is 79.9. The van der Waals surface area contributed by atoms with Crippen molar-refractivity contribution in [3.05, 3.63) is 63.6 Å². The molecule has 1 aromatic heterocycles. The van der Waals surface area contributed by atoms with Crippen molar-refractivity contribution in [1.29, 1.82) is 0 Å². The Bertz CT molecular complexity index is 1020. The third-order valence-corrected chi connectivity index (χ3v) is 4.68. The van der Waals surface area contributed by atoms with E-state index in [0.717, 1.165) is 17.6 Å². The van der Waals surface area contributed by atoms with Crippen molar-refractivity contribution >= 4 is 67.8 Å². The van der Waals surface area contributed by atoms with Crippen molar-refractivity contribution in [3.63, 3.8) is 0 Å². The first-order chi connectivity index (χ1) is 14.1. The van der Waals surface area contributed by atoms with Crippen LogP contribution in [-0.2, 0) is 6.18 Å². The number of carboxylic acids is 1. The summed E-state index contributed by atoms with van der Waals surface area (Å²) in [4.78, 5) is 9.97. The molecular formula is C17H13BrF3N5O2S2. The number of alkyl halides is 3. The van der Waals surface area contributed by atoms with E-state index >= 15 is 0 Å². The van der Waals surface area contributed by atoms with Crippen LogP contribution in [0.25, 0.3) is 0 Å². The van der Waals surface area contributed by atoms with Crippen molar-refractivity contribution in [2.24, 2.45) is 0 Å². The molecule has 1 heterocycles. The standard InChI is InChI=1S/C14H11BrF3N3S.C3H2N2O2S/c15-12-6-5-10(7-11(12)14(16,17)18)21-13(22)20-9-3-1-8(19)2-4-9;6-3(7)2-1-8-5-4-2/h1-7H,19H2,(H2,20,21,22);1H,(H,6,7). The fourth-order valence-corrected chi connectivity index (χ4v) is 3.08. The van der Waals surface area contributed by atoms with E-state index in [9.17, 15) is 18.0 Å². The lowest BCUT2D eigenvalue weighted by molar-refractivity contribution is -0.138. The Morgan fingerprint density at radius 1 is 1.13 bits per heavy atom. The number of rotatable bonds is 3. The first-order valence-corrected chi connectivity index (χ1v) is 9.90. The number of anilines is 3. The Hall–Kier alpha value is -2.77. The molecule has 0 fully saturated rings. The van der Waals surface area contributed by atoms with E-state index in [1.54, 1.807) is 24.3 Å². The first kappa shape index (κ1) is 23.5. The van der Waals surface area contributed by atoms with Crippen molar-refractivity contribution in [1.82, 2.24) is 9.59 Å². The highest BCUT2D eigenvalue weighted by Gasteiger charge is 2.33. The number of nitrogen functional groups attached to an aromatic ring is 1. The predicted molar refractivity (Wildman–Crippen MR) is 117 cm³/mol. The smallest absolute Gasteiger partial charge is 0.417 e. The SMILES string of the molecule is Nc1ccc(NC(=S)Nc2ccc(Br)c(C(F)(F)F)c2)cc1.O=C(O)c1csnn1. The van der Waals surface area contributed by atoms with Gasteiger partial charge in [0, 0.05) is 26.9 Å². The van der Waals surface area contributed by atoms with Gasteiger partial charge >= 0.3 is 12.1 Å². The lowest BCUT2D eigenvalue weighted by Crippen LogP contribution is -2.19. The van der Waals surface area contributed by atoms with Crippen LogP contribution in [0.4, 0.5) is 30.2 Å². The summed E-state index contributed by atoms with van der Waals surface area (Å²) in [5.41, 5.74) is 6.33. The number of nitrogens with one attached hydrogen (secondary N) is 2. The minimum absolute atomic E-state index is 0.00926. The average Bonchev–Trinajstić information content (AvgIpc) is 3.20. The van der Waals surface area contributed by atoms with Crippen LogP contribution in [0.1, 0.15) is 16.1 Å². The Balaban J connectivity index is 0.000000335. The third-order valence-electron chi connectivity index (χ3n) is 3.28. The summed E-state index contributed by atoms with van der Waals surface area (Å²) in [7, 11) is 0. The monoisotopic (exact) mass is 519 g/mol. The molecule has 0 saturated carbocycles. The second kappa shape index (κ2) is 10.3. The number of halogens is 4. The maximum absolute atomic E-state index is 12.8. The Morgan fingerprint density at radius 2 is 1.73 bits per heavy atom. The Labute approximate surface area is 186 Å². The largest absolute Gasteiger partial charge is 0.476 e. The van der Waals surface area contributed by atoms with Crippen LogP contribution in [0.2, 0.25) is 0 Å². The number of carbonyl (C=O) groups is 1. The summed E-state index contributed by atoms with van der Waals surface area (Å²) in [6, 6.07) is 10.6. The van der Waals surface area contributed by atoms with Gasteiger partial charge < -0.3 is 21.5 Å². The number of nitrogens with zero attached hydrogens (tertiary/aromatic N) is 2. The first-order valence-electron chi connectivity index (χ1n) is 7.87. The molecule has 0 spiro atoms. The van der Waals surface area contributed by atoms with Gasteiger partial charge in [-0.3, -0.25) is 0 Å². The Kier molecular flexibility index (Phi) is 8.08. The molecule has 3 rings (SSSR count). The fraction of sp³-hybridized carbons (Fsp3) is 0.0588. The van der Waals surface area contributed by atoms with Gasteiger partial charge in [-0.05, 0) is 66.2 Å². The number of benzene rings is 2. The summed E-state index contributed by atoms with van der Waals surface area (Å²) in [5.74, 6) is -1.03. The quantitative estimate of drug-likeness (QED) is 0.279. The van der Waals surface area contributed by atoms with Crippen LogP contribution in [-0.4, -0.2) is 25.8 Å². The second-order valence-corrected chi connectivity index (χ2v) is 7.36. The molecule has 0 aliphatic heterocycles. The topological polar surface area (TPSA) is 113 Å². The molecule has 2 aromatic carbocycles. The lowest BCUT2D eigenvalue weighted by atomic mass is 10.2. The van der Waals surface area contributed by atoms with Crippen molar-refractivity contribution in [3.8, 4) is 0 Å². The Morgan fingerprint density at radius 3 is 2.23 bits per heavy atom. The number of hydrogen-bond donors (Lipinski definition) is 4. The molecule has 0 radical (unpaired) electrons. The van der Waals surface area contributed by atoms with Gasteiger partial charge in [-0.15, -0.1) is 5.10 Å². The van der Waals surface area contributed by atoms with E-state index in [-0.39, 0.29) is 21.0 Å². The van der Waals surface area contributed by atoms with Gasteiger partial charge in [0.2, 0.25) is 0 Å². The van der Waals surface area contributed by atoms with Crippen LogP contribution < -0.4 is 16.4 Å². The van der Waals surface area contributed by atoms with E-state index in [1.807, 2.05) is 0 Å². The molecule has 158 valence electrons. The van der Waals surface area contributed by atoms with E-state index in [1.165, 1.54) is 17.5 Å². The summed E-state index contributed by atoms with van der Waals surface area (Å²) in [6.07, 6.45) is -4.44. The maximum Gasteiger partial charge on any atom is 0.417 e. The van der Waals surface area contributed by atoms with E-state index < -0.39 is 17.7 Å². The summed E-state index contributed by atoms with van der Waals surface area (Å²) in [6.45, 7) is 0. The molecule has 0 amide bonds. The van der Waals surface area contributed by atoms with Gasteiger partial charge in [0.15, 0.2) is 10.8 Å². The van der Waals surface area contributed by atoms with Gasteiger partial charge in [0.1, 0.15) is 0 Å². The second-order valence-electron chi connectivity index (χ2n) is 5.49. The minimum atomic E-state index is -4.44. The number of carboxylic acid groups (broad SMARTS) is 1. The van der Waals surface area contributed by atoms with Crippen LogP contribution >= 0.6 is 39.7 Å². The summed E-state index contributed by atoms with van der Waals surface area (Å²) in [5, 5.41) is 18.6. The normalized spacial score (nSPS) is 10.5. The molecule has 7 nitrogen and oxygen atoms in total. The van der Waals surface area contributed by atoms with Crippen LogP contribution in [0.5, 0.6) is 0 Å². The summed E-state index contributed by atoms with van der Waals surface area (Å²) < 4.78 is 41.8. The van der Waals surface area contributed by atoms with Crippen molar-refractivity contribution in [2.45, 2.75) is 6.18 Å². The van der Waals surface area contributed by atoms with Crippen molar-refractivity contribution < 1.29 is 23.1 Å². The molecular weight excluding hydrogens is 507 g/mol. The zero-order chi connectivity index (χ0) is 22.3. The summed E-state index contributed by atoms with van der Waals surface area (Å²) >= 11 is 8.98.